The first-order valence-corrected chi connectivity index (χ1v) is 12.8. The van der Waals surface area contributed by atoms with Crippen molar-refractivity contribution in [1.82, 2.24) is 19.6 Å². The van der Waals surface area contributed by atoms with Gasteiger partial charge in [-0.3, -0.25) is 0 Å². The Morgan fingerprint density at radius 2 is 1.74 bits per heavy atom. The van der Waals surface area contributed by atoms with E-state index in [0.717, 1.165) is 15.6 Å². The van der Waals surface area contributed by atoms with E-state index in [2.05, 4.69) is 26.0 Å². The largest absolute Gasteiger partial charge is 0.493 e. The summed E-state index contributed by atoms with van der Waals surface area (Å²) in [6.45, 7) is 0. The maximum Gasteiger partial charge on any atom is 0.344 e. The Hall–Kier alpha value is -4.70. The predicted octanol–water partition coefficient (Wildman–Crippen LogP) is 5.96. The van der Waals surface area contributed by atoms with Crippen molar-refractivity contribution in [3.63, 3.8) is 0 Å². The van der Waals surface area contributed by atoms with Gasteiger partial charge in [0, 0.05) is 10.0 Å². The van der Waals surface area contributed by atoms with Crippen molar-refractivity contribution >= 4 is 32.5 Å². The highest BCUT2D eigenvalue weighted by atomic mass is 79.9. The smallest absolute Gasteiger partial charge is 0.344 e. The molecule has 7 rings (SSSR count). The third-order valence-corrected chi connectivity index (χ3v) is 7.51. The van der Waals surface area contributed by atoms with Crippen LogP contribution in [-0.2, 0) is 0 Å². The second-order valence-electron chi connectivity index (χ2n) is 8.92. The number of halogens is 1. The molecular formula is C29H19BrN4O5. The van der Waals surface area contributed by atoms with Gasteiger partial charge in [-0.25, -0.2) is 19.3 Å². The molecule has 0 N–H and O–H groups in total. The lowest BCUT2D eigenvalue weighted by molar-refractivity contribution is 0.354. The molecular weight excluding hydrogens is 564 g/mol. The van der Waals surface area contributed by atoms with Crippen LogP contribution in [0.3, 0.4) is 0 Å². The zero-order valence-corrected chi connectivity index (χ0v) is 22.3. The first-order chi connectivity index (χ1) is 19.1. The highest BCUT2D eigenvalue weighted by Crippen LogP contribution is 2.49. The van der Waals surface area contributed by atoms with Crippen LogP contribution in [0.5, 0.6) is 23.1 Å². The Kier molecular flexibility index (Phi) is 5.38. The first-order valence-electron chi connectivity index (χ1n) is 12.0. The molecule has 1 unspecified atom stereocenters. The van der Waals surface area contributed by atoms with E-state index in [4.69, 9.17) is 23.6 Å². The maximum atomic E-state index is 13.6. The number of hydrogen-bond acceptors (Lipinski definition) is 8. The number of fused-ring (bicyclic) bond motifs is 6. The standard InChI is InChI=1S/C29H19BrN4O5/c1-36-20-12-11-15(13-21(20)37-2)22-23-25(17-8-4-6-10-19(17)38-29(23)35)39-28-24(22)27-32-26(33-34(27)14-31-28)16-7-3-5-9-18(16)30/h3-14,22H,1-2H3. The Morgan fingerprint density at radius 3 is 2.56 bits per heavy atom. The normalized spacial score (nSPS) is 14.1. The predicted molar refractivity (Wildman–Crippen MR) is 147 cm³/mol. The van der Waals surface area contributed by atoms with Gasteiger partial charge in [0.2, 0.25) is 5.88 Å². The summed E-state index contributed by atoms with van der Waals surface area (Å²) < 4.78 is 25.6. The zero-order valence-electron chi connectivity index (χ0n) is 20.7. The number of para-hydroxylation sites is 1. The molecule has 1 atom stereocenters. The minimum atomic E-state index is -0.642. The molecule has 6 aromatic rings. The van der Waals surface area contributed by atoms with E-state index in [0.29, 0.717) is 56.7 Å². The van der Waals surface area contributed by atoms with Crippen LogP contribution < -0.4 is 19.8 Å². The number of benzene rings is 3. The minimum Gasteiger partial charge on any atom is -0.493 e. The minimum absolute atomic E-state index is 0.330. The zero-order chi connectivity index (χ0) is 26.7. The van der Waals surface area contributed by atoms with Crippen molar-refractivity contribution in [2.45, 2.75) is 5.92 Å². The first kappa shape index (κ1) is 23.4. The number of nitrogens with zero attached hydrogens (tertiary/aromatic N) is 4. The monoisotopic (exact) mass is 582 g/mol. The lowest BCUT2D eigenvalue weighted by Gasteiger charge is -2.27. The second kappa shape index (κ2) is 8.95. The van der Waals surface area contributed by atoms with Crippen molar-refractivity contribution in [3.8, 4) is 34.5 Å². The SMILES string of the molecule is COc1ccc(C2c3c(c4ccccc4oc3=O)Oc3ncn4nc(-c5ccccc5Br)nc4c32)cc1OC. The van der Waals surface area contributed by atoms with Crippen LogP contribution in [0, 0.1) is 0 Å². The van der Waals surface area contributed by atoms with Crippen LogP contribution in [0.15, 0.2) is 86.7 Å². The van der Waals surface area contributed by atoms with Gasteiger partial charge < -0.3 is 18.6 Å². The molecule has 1 aliphatic heterocycles. The maximum absolute atomic E-state index is 13.6. The van der Waals surface area contributed by atoms with E-state index < -0.39 is 11.5 Å². The number of hydrogen-bond donors (Lipinski definition) is 0. The molecule has 39 heavy (non-hydrogen) atoms. The van der Waals surface area contributed by atoms with Gasteiger partial charge in [-0.1, -0.05) is 46.3 Å². The van der Waals surface area contributed by atoms with Gasteiger partial charge in [0.05, 0.1) is 36.7 Å². The summed E-state index contributed by atoms with van der Waals surface area (Å²) in [5, 5.41) is 5.35. The molecule has 0 amide bonds. The quantitative estimate of drug-likeness (QED) is 0.234. The second-order valence-corrected chi connectivity index (χ2v) is 9.78. The summed E-state index contributed by atoms with van der Waals surface area (Å²) >= 11 is 3.59. The van der Waals surface area contributed by atoms with E-state index in [-0.39, 0.29) is 0 Å². The lowest BCUT2D eigenvalue weighted by Crippen LogP contribution is -2.22. The summed E-state index contributed by atoms with van der Waals surface area (Å²) in [4.78, 5) is 23.1. The van der Waals surface area contributed by atoms with Gasteiger partial charge >= 0.3 is 5.63 Å². The molecule has 0 bridgehead atoms. The van der Waals surface area contributed by atoms with E-state index in [1.54, 1.807) is 37.2 Å². The van der Waals surface area contributed by atoms with E-state index in [1.807, 2.05) is 54.6 Å². The molecule has 0 saturated heterocycles. The molecule has 0 spiro atoms. The topological polar surface area (TPSA) is 101 Å². The van der Waals surface area contributed by atoms with Crippen molar-refractivity contribution in [2.75, 3.05) is 14.2 Å². The van der Waals surface area contributed by atoms with E-state index in [9.17, 15) is 4.79 Å². The Morgan fingerprint density at radius 1 is 0.949 bits per heavy atom. The lowest BCUT2D eigenvalue weighted by atomic mass is 9.84. The Balaban J connectivity index is 1.55. The molecule has 0 fully saturated rings. The fourth-order valence-corrected chi connectivity index (χ4v) is 5.51. The molecule has 0 saturated carbocycles. The van der Waals surface area contributed by atoms with Gasteiger partial charge in [0.15, 0.2) is 28.7 Å². The van der Waals surface area contributed by atoms with Crippen molar-refractivity contribution in [1.29, 1.82) is 0 Å². The van der Waals surface area contributed by atoms with Gasteiger partial charge in [0.1, 0.15) is 11.9 Å². The molecule has 3 aromatic heterocycles. The highest BCUT2D eigenvalue weighted by molar-refractivity contribution is 9.10. The number of rotatable bonds is 4. The average Bonchev–Trinajstić information content (AvgIpc) is 3.40. The highest BCUT2D eigenvalue weighted by Gasteiger charge is 2.38. The van der Waals surface area contributed by atoms with Gasteiger partial charge in [-0.05, 0) is 42.0 Å². The summed E-state index contributed by atoms with van der Waals surface area (Å²) in [5.41, 5.74) is 2.92. The number of ether oxygens (including phenoxy) is 3. The van der Waals surface area contributed by atoms with Crippen molar-refractivity contribution in [3.05, 3.63) is 105 Å². The molecule has 1 aliphatic rings. The molecule has 0 aliphatic carbocycles. The fraction of sp³-hybridized carbons (Fsp3) is 0.103. The summed E-state index contributed by atoms with van der Waals surface area (Å²) in [5.74, 6) is 1.67. The van der Waals surface area contributed by atoms with Crippen molar-refractivity contribution < 1.29 is 18.6 Å². The molecule has 0 radical (unpaired) electrons. The summed E-state index contributed by atoms with van der Waals surface area (Å²) in [6.07, 6.45) is 1.56. The summed E-state index contributed by atoms with van der Waals surface area (Å²) in [7, 11) is 3.14. The average molecular weight is 583 g/mol. The van der Waals surface area contributed by atoms with Gasteiger partial charge in [0.25, 0.3) is 0 Å². The molecule has 10 heteroatoms. The Labute approximate surface area is 229 Å². The molecule has 3 aromatic carbocycles. The van der Waals surface area contributed by atoms with Gasteiger partial charge in [-0.2, -0.15) is 0 Å². The van der Waals surface area contributed by atoms with Gasteiger partial charge in [-0.15, -0.1) is 5.10 Å². The van der Waals surface area contributed by atoms with Crippen LogP contribution in [0.2, 0.25) is 0 Å². The molecule has 192 valence electrons. The third kappa shape index (κ3) is 3.59. The number of aromatic nitrogens is 4. The van der Waals surface area contributed by atoms with Crippen LogP contribution in [0.1, 0.15) is 22.6 Å². The fourth-order valence-electron chi connectivity index (χ4n) is 5.05. The molecule has 9 nitrogen and oxygen atoms in total. The Bertz CT molecular complexity index is 1980. The number of methoxy groups -OCH3 is 2. The van der Waals surface area contributed by atoms with Crippen LogP contribution in [0.4, 0.5) is 0 Å². The van der Waals surface area contributed by atoms with Crippen LogP contribution in [0.25, 0.3) is 28.0 Å². The summed E-state index contributed by atoms with van der Waals surface area (Å²) in [6, 6.07) is 20.5. The van der Waals surface area contributed by atoms with E-state index in [1.165, 1.54) is 0 Å². The van der Waals surface area contributed by atoms with Crippen LogP contribution in [-0.4, -0.2) is 33.8 Å². The van der Waals surface area contributed by atoms with E-state index >= 15 is 0 Å². The van der Waals surface area contributed by atoms with Crippen molar-refractivity contribution in [2.24, 2.45) is 0 Å². The van der Waals surface area contributed by atoms with Crippen LogP contribution >= 0.6 is 15.9 Å². The molecule has 4 heterocycles. The third-order valence-electron chi connectivity index (χ3n) is 6.82.